The van der Waals surface area contributed by atoms with Crippen LogP contribution in [0.1, 0.15) is 68.9 Å². The number of unbranched alkanes of at least 4 members (excludes halogenated alkanes) is 1. The molecule has 2 atom stereocenters. The molecule has 2 aliphatic rings. The number of β-amino-alcohol motifs (C(OH)–C–C–N with tert-alkyl or cyclic N) is 1. The quantitative estimate of drug-likeness (QED) is 0.0789. The lowest BCUT2D eigenvalue weighted by Gasteiger charge is -2.38. The second-order valence-corrected chi connectivity index (χ2v) is 21.2. The highest BCUT2D eigenvalue weighted by atomic mass is 79.9. The molecule has 3 aromatic heterocycles. The number of aromatic nitrogens is 5. The molecule has 0 aliphatic carbocycles. The fraction of sp³-hybridized carbons (Fsp3) is 0.407. The number of aryl methyl sites for hydroxylation is 1. The van der Waals surface area contributed by atoms with Crippen molar-refractivity contribution in [1.29, 1.82) is 0 Å². The van der Waals surface area contributed by atoms with Crippen LogP contribution in [0.2, 0.25) is 0 Å². The Morgan fingerprint density at radius 2 is 1.41 bits per heavy atom. The number of nitrogens with one attached hydrogen (secondary N) is 1. The summed E-state index contributed by atoms with van der Waals surface area (Å²) >= 11 is 7.21. The molecule has 2 fully saturated rings. The molecule has 9 rings (SSSR count). The SMILES string of the molecule is C[C@H](CC(=O)N1CCC(O)(Cn2cnc3c(-c4ccc(CNC(=O)CCCCC(=O)N5CCN(C[C@H](O)Cn6c7ccc(Br)cc7c7cc(Br)ccc76)CC5)cc4)n(C)nc3c2=O)CC1)c1ccccc1. The average molecular weight is 1090 g/mol. The van der Waals surface area contributed by atoms with Crippen molar-refractivity contribution >= 4 is 82.4 Å². The van der Waals surface area contributed by atoms with E-state index in [0.717, 1.165) is 47.4 Å². The number of piperidine rings is 1. The van der Waals surface area contributed by atoms with Gasteiger partial charge in [-0.05, 0) is 79.1 Å². The molecular formula is C54H61Br2N9O6. The van der Waals surface area contributed by atoms with Gasteiger partial charge in [0.15, 0.2) is 5.52 Å². The van der Waals surface area contributed by atoms with Crippen LogP contribution in [0, 0.1) is 0 Å². The number of carbonyl (C=O) groups is 3. The standard InChI is InChI=1S/C54H61Br2N9O6/c1-36(38-8-4-3-5-9-38)28-49(69)62-22-20-54(71,21-23-62)34-64-35-58-50-51(53(64)70)59-60(2)52(50)39-14-12-37(13-15-39)31-57-47(67)10-6-7-11-48(68)63-26-24-61(25-27-63)32-42(66)33-65-45-18-16-40(55)29-43(45)44-30-41(56)17-19-46(44)65/h3-5,8-9,12-19,29-30,35-36,42,66,71H,6-7,10-11,20-28,31-34H2,1-2H3,(H,57,67)/t36-,42+/m1/s1. The third kappa shape index (κ3) is 11.7. The first-order valence-corrected chi connectivity index (χ1v) is 26.2. The Kier molecular flexibility index (Phi) is 15.5. The molecule has 7 aromatic rings. The number of halogens is 2. The molecule has 0 unspecified atom stereocenters. The normalized spacial score (nSPS) is 16.2. The highest BCUT2D eigenvalue weighted by Crippen LogP contribution is 2.34. The summed E-state index contributed by atoms with van der Waals surface area (Å²) in [5, 5.41) is 32.6. The van der Waals surface area contributed by atoms with E-state index < -0.39 is 11.7 Å². The van der Waals surface area contributed by atoms with E-state index in [9.17, 15) is 29.4 Å². The lowest BCUT2D eigenvalue weighted by atomic mass is 9.90. The van der Waals surface area contributed by atoms with E-state index in [4.69, 9.17) is 0 Å². The third-order valence-electron chi connectivity index (χ3n) is 14.3. The first-order chi connectivity index (χ1) is 34.2. The van der Waals surface area contributed by atoms with Crippen LogP contribution in [0.25, 0.3) is 44.1 Å². The van der Waals surface area contributed by atoms with E-state index in [2.05, 4.69) is 81.0 Å². The van der Waals surface area contributed by atoms with E-state index in [1.165, 1.54) is 10.9 Å². The summed E-state index contributed by atoms with van der Waals surface area (Å²) in [5.74, 6) is 0.174. The van der Waals surface area contributed by atoms with Gasteiger partial charge in [-0.1, -0.05) is 93.4 Å². The zero-order valence-corrected chi connectivity index (χ0v) is 43.4. The van der Waals surface area contributed by atoms with Gasteiger partial charge in [-0.3, -0.25) is 33.3 Å². The Morgan fingerprint density at radius 1 is 0.775 bits per heavy atom. The second kappa shape index (κ2) is 22.0. The first-order valence-electron chi connectivity index (χ1n) is 24.6. The predicted molar refractivity (Wildman–Crippen MR) is 283 cm³/mol. The minimum atomic E-state index is -1.16. The molecule has 372 valence electrons. The number of fused-ring (bicyclic) bond motifs is 4. The van der Waals surface area contributed by atoms with Crippen LogP contribution in [-0.2, 0) is 41.1 Å². The molecule has 2 saturated heterocycles. The number of aliphatic hydroxyl groups excluding tert-OH is 1. The maximum atomic E-state index is 13.7. The van der Waals surface area contributed by atoms with E-state index in [1.807, 2.05) is 83.5 Å². The lowest BCUT2D eigenvalue weighted by Crippen LogP contribution is -2.50. The second-order valence-electron chi connectivity index (χ2n) is 19.4. The van der Waals surface area contributed by atoms with Crippen LogP contribution in [0.3, 0.4) is 0 Å². The number of hydrogen-bond donors (Lipinski definition) is 3. The molecule has 5 heterocycles. The van der Waals surface area contributed by atoms with Crippen molar-refractivity contribution in [3.63, 3.8) is 0 Å². The smallest absolute Gasteiger partial charge is 0.281 e. The molecule has 71 heavy (non-hydrogen) atoms. The highest BCUT2D eigenvalue weighted by Gasteiger charge is 2.35. The number of rotatable bonds is 17. The van der Waals surface area contributed by atoms with Crippen molar-refractivity contribution in [2.45, 2.75) is 89.1 Å². The molecule has 17 heteroatoms. The van der Waals surface area contributed by atoms with Gasteiger partial charge in [0.1, 0.15) is 5.52 Å². The minimum absolute atomic E-state index is 0.0535. The number of likely N-dealkylation sites (tertiary alicyclic amines) is 1. The van der Waals surface area contributed by atoms with Crippen molar-refractivity contribution < 1.29 is 24.6 Å². The van der Waals surface area contributed by atoms with Gasteiger partial charge in [0.05, 0.1) is 36.8 Å². The van der Waals surface area contributed by atoms with Crippen LogP contribution in [-0.4, -0.2) is 124 Å². The van der Waals surface area contributed by atoms with Crippen molar-refractivity contribution in [1.82, 2.24) is 43.9 Å². The summed E-state index contributed by atoms with van der Waals surface area (Å²) in [4.78, 5) is 63.3. The minimum Gasteiger partial charge on any atom is -0.390 e. The first kappa shape index (κ1) is 50.2. The number of hydrogen-bond acceptors (Lipinski definition) is 9. The Labute approximate surface area is 429 Å². The van der Waals surface area contributed by atoms with Crippen molar-refractivity contribution in [3.8, 4) is 11.3 Å². The topological polar surface area (TPSA) is 171 Å². The fourth-order valence-corrected chi connectivity index (χ4v) is 11.0. The number of aliphatic hydroxyl groups is 2. The van der Waals surface area contributed by atoms with Crippen molar-refractivity contribution in [2.24, 2.45) is 7.05 Å². The number of nitrogens with zero attached hydrogens (tertiary/aromatic N) is 8. The van der Waals surface area contributed by atoms with Gasteiger partial charge in [-0.25, -0.2) is 4.98 Å². The molecule has 0 spiro atoms. The summed E-state index contributed by atoms with van der Waals surface area (Å²) in [6.07, 6.45) is 3.94. The van der Waals surface area contributed by atoms with Crippen molar-refractivity contribution in [2.75, 3.05) is 45.8 Å². The van der Waals surface area contributed by atoms with Gasteiger partial charge in [0.2, 0.25) is 17.7 Å². The van der Waals surface area contributed by atoms with Crippen LogP contribution in [0.15, 0.2) is 111 Å². The zero-order valence-electron chi connectivity index (χ0n) is 40.3. The molecule has 0 radical (unpaired) electrons. The number of carbonyl (C=O) groups excluding carboxylic acids is 3. The molecule has 4 aromatic carbocycles. The van der Waals surface area contributed by atoms with Gasteiger partial charge in [0.25, 0.3) is 5.56 Å². The monoisotopic (exact) mass is 1090 g/mol. The summed E-state index contributed by atoms with van der Waals surface area (Å²) in [6, 6.07) is 30.1. The maximum absolute atomic E-state index is 13.7. The summed E-state index contributed by atoms with van der Waals surface area (Å²) in [5.41, 5.74) is 4.84. The van der Waals surface area contributed by atoms with Gasteiger partial charge < -0.3 is 29.9 Å². The summed E-state index contributed by atoms with van der Waals surface area (Å²) in [6.45, 7) is 6.89. The highest BCUT2D eigenvalue weighted by molar-refractivity contribution is 9.10. The fourth-order valence-electron chi connectivity index (χ4n) is 10.3. The summed E-state index contributed by atoms with van der Waals surface area (Å²) in [7, 11) is 1.77. The molecular weight excluding hydrogens is 1030 g/mol. The van der Waals surface area contributed by atoms with E-state index >= 15 is 0 Å². The van der Waals surface area contributed by atoms with Gasteiger partial charge in [-0.15, -0.1) is 0 Å². The van der Waals surface area contributed by atoms with Crippen LogP contribution in [0.4, 0.5) is 0 Å². The molecule has 3 N–H and O–H groups in total. The predicted octanol–water partition coefficient (Wildman–Crippen LogP) is 7.36. The Hall–Kier alpha value is -5.72. The van der Waals surface area contributed by atoms with Crippen molar-refractivity contribution in [3.05, 3.63) is 128 Å². The van der Waals surface area contributed by atoms with E-state index in [-0.39, 0.29) is 41.3 Å². The van der Waals surface area contributed by atoms with E-state index in [0.29, 0.717) is 115 Å². The number of piperazine rings is 1. The lowest BCUT2D eigenvalue weighted by molar-refractivity contribution is -0.136. The summed E-state index contributed by atoms with van der Waals surface area (Å²) < 4.78 is 7.27. The van der Waals surface area contributed by atoms with Crippen LogP contribution >= 0.6 is 31.9 Å². The Bertz CT molecular complexity index is 3040. The zero-order chi connectivity index (χ0) is 49.8. The van der Waals surface area contributed by atoms with Gasteiger partial charge in [0, 0.05) is 115 Å². The van der Waals surface area contributed by atoms with E-state index in [1.54, 1.807) is 11.7 Å². The number of benzene rings is 4. The maximum Gasteiger partial charge on any atom is 0.281 e. The largest absolute Gasteiger partial charge is 0.390 e. The number of amides is 3. The third-order valence-corrected chi connectivity index (χ3v) is 15.3. The molecule has 2 aliphatic heterocycles. The van der Waals surface area contributed by atoms with Crippen LogP contribution in [0.5, 0.6) is 0 Å². The van der Waals surface area contributed by atoms with Gasteiger partial charge >= 0.3 is 0 Å². The Morgan fingerprint density at radius 3 is 2.07 bits per heavy atom. The molecule has 3 amide bonds. The average Bonchev–Trinajstić information content (AvgIpc) is 3.86. The Balaban J connectivity index is 0.686. The van der Waals surface area contributed by atoms with Gasteiger partial charge in [-0.2, -0.15) is 5.10 Å². The molecule has 0 bridgehead atoms. The molecule has 15 nitrogen and oxygen atoms in total. The molecule has 0 saturated carbocycles. The van der Waals surface area contributed by atoms with Crippen LogP contribution < -0.4 is 10.9 Å².